The van der Waals surface area contributed by atoms with Crippen LogP contribution in [0.2, 0.25) is 5.02 Å². The van der Waals surface area contributed by atoms with E-state index in [9.17, 15) is 13.2 Å². The van der Waals surface area contributed by atoms with E-state index in [1.807, 2.05) is 12.1 Å². The first-order valence-electron chi connectivity index (χ1n) is 10.8. The van der Waals surface area contributed by atoms with Crippen molar-refractivity contribution in [3.05, 3.63) is 34.7 Å². The number of nitrogens with zero attached hydrogens (tertiary/aromatic N) is 4. The first kappa shape index (κ1) is 22.9. The highest BCUT2D eigenvalue weighted by molar-refractivity contribution is 7.89. The van der Waals surface area contributed by atoms with Crippen molar-refractivity contribution in [2.75, 3.05) is 49.5 Å². The Bertz CT molecular complexity index is 1070. The molecule has 1 N–H and O–H groups in total. The van der Waals surface area contributed by atoms with Crippen LogP contribution in [-0.4, -0.2) is 68.1 Å². The standard InChI is InChI=1S/C21H28ClN5O4S/c1-15-20(16(2)31-24-15)32(29,30)27-12-10-26(11-13-27)21(28)23-17-6-7-19(18(22)14-17)25-8-4-3-5-9-25/h6-7,14H,3-5,8-13H2,1-2H3,(H,23,28). The maximum absolute atomic E-state index is 12.9. The molecule has 3 heterocycles. The van der Waals surface area contributed by atoms with Crippen molar-refractivity contribution in [1.29, 1.82) is 0 Å². The highest BCUT2D eigenvalue weighted by atomic mass is 35.5. The molecule has 2 aliphatic heterocycles. The van der Waals surface area contributed by atoms with E-state index in [0.29, 0.717) is 16.4 Å². The lowest BCUT2D eigenvalue weighted by Crippen LogP contribution is -2.51. The molecule has 2 fully saturated rings. The number of hydrogen-bond acceptors (Lipinski definition) is 6. The average Bonchev–Trinajstić information content (AvgIpc) is 3.13. The number of piperidine rings is 1. The molecule has 11 heteroatoms. The summed E-state index contributed by atoms with van der Waals surface area (Å²) in [6, 6.07) is 5.28. The fourth-order valence-electron chi connectivity index (χ4n) is 4.28. The van der Waals surface area contributed by atoms with Crippen molar-refractivity contribution < 1.29 is 17.7 Å². The molecule has 32 heavy (non-hydrogen) atoms. The van der Waals surface area contributed by atoms with Gasteiger partial charge in [-0.15, -0.1) is 0 Å². The van der Waals surface area contributed by atoms with E-state index < -0.39 is 10.0 Å². The molecule has 1 aromatic heterocycles. The lowest BCUT2D eigenvalue weighted by molar-refractivity contribution is 0.184. The number of urea groups is 1. The number of piperazine rings is 1. The van der Waals surface area contributed by atoms with Gasteiger partial charge in [-0.3, -0.25) is 0 Å². The zero-order valence-corrected chi connectivity index (χ0v) is 19.9. The summed E-state index contributed by atoms with van der Waals surface area (Å²) in [6.45, 7) is 6.15. The predicted molar refractivity (Wildman–Crippen MR) is 123 cm³/mol. The van der Waals surface area contributed by atoms with Gasteiger partial charge in [0.1, 0.15) is 10.6 Å². The molecular weight excluding hydrogens is 454 g/mol. The Morgan fingerprint density at radius 2 is 1.75 bits per heavy atom. The molecule has 9 nitrogen and oxygen atoms in total. The van der Waals surface area contributed by atoms with E-state index in [1.165, 1.54) is 10.7 Å². The maximum atomic E-state index is 12.9. The van der Waals surface area contributed by atoms with Gasteiger partial charge in [-0.05, 0) is 51.3 Å². The summed E-state index contributed by atoms with van der Waals surface area (Å²) in [4.78, 5) is 16.7. The number of sulfonamides is 1. The van der Waals surface area contributed by atoms with Crippen molar-refractivity contribution in [2.24, 2.45) is 0 Å². The van der Waals surface area contributed by atoms with Crippen LogP contribution in [0.25, 0.3) is 0 Å². The van der Waals surface area contributed by atoms with Crippen LogP contribution < -0.4 is 10.2 Å². The molecule has 0 radical (unpaired) electrons. The Hall–Kier alpha value is -2.30. The zero-order valence-electron chi connectivity index (χ0n) is 18.3. The van der Waals surface area contributed by atoms with Gasteiger partial charge in [-0.2, -0.15) is 4.31 Å². The van der Waals surface area contributed by atoms with Crippen LogP contribution in [0.3, 0.4) is 0 Å². The summed E-state index contributed by atoms with van der Waals surface area (Å²) in [5, 5.41) is 7.23. The lowest BCUT2D eigenvalue weighted by Gasteiger charge is -2.34. The van der Waals surface area contributed by atoms with E-state index in [4.69, 9.17) is 16.1 Å². The first-order chi connectivity index (χ1) is 15.3. The second kappa shape index (κ2) is 9.29. The van der Waals surface area contributed by atoms with Crippen LogP contribution in [-0.2, 0) is 10.0 Å². The van der Waals surface area contributed by atoms with E-state index >= 15 is 0 Å². The van der Waals surface area contributed by atoms with Gasteiger partial charge in [0.15, 0.2) is 5.76 Å². The van der Waals surface area contributed by atoms with E-state index in [1.54, 1.807) is 24.8 Å². The molecule has 1 aromatic carbocycles. The molecule has 0 aliphatic carbocycles. The highest BCUT2D eigenvalue weighted by Crippen LogP contribution is 2.31. The van der Waals surface area contributed by atoms with Gasteiger partial charge in [0, 0.05) is 45.0 Å². The topological polar surface area (TPSA) is 99.0 Å². The van der Waals surface area contributed by atoms with Gasteiger partial charge in [-0.1, -0.05) is 16.8 Å². The minimum atomic E-state index is -3.71. The summed E-state index contributed by atoms with van der Waals surface area (Å²) < 4.78 is 32.3. The molecule has 0 saturated carbocycles. The predicted octanol–water partition coefficient (Wildman–Crippen LogP) is 3.47. The van der Waals surface area contributed by atoms with Crippen molar-refractivity contribution in [3.63, 3.8) is 0 Å². The number of carbonyl (C=O) groups is 1. The van der Waals surface area contributed by atoms with Crippen LogP contribution in [0.1, 0.15) is 30.7 Å². The number of hydrogen-bond donors (Lipinski definition) is 1. The maximum Gasteiger partial charge on any atom is 0.321 e. The molecule has 0 atom stereocenters. The van der Waals surface area contributed by atoms with Crippen LogP contribution in [0, 0.1) is 13.8 Å². The monoisotopic (exact) mass is 481 g/mol. The van der Waals surface area contributed by atoms with Gasteiger partial charge in [0.25, 0.3) is 0 Å². The number of anilines is 2. The Balaban J connectivity index is 1.36. The summed E-state index contributed by atoms with van der Waals surface area (Å²) >= 11 is 6.48. The summed E-state index contributed by atoms with van der Waals surface area (Å²) in [5.41, 5.74) is 1.95. The van der Waals surface area contributed by atoms with Crippen molar-refractivity contribution >= 4 is 39.0 Å². The minimum absolute atomic E-state index is 0.110. The fourth-order valence-corrected chi connectivity index (χ4v) is 6.30. The quantitative estimate of drug-likeness (QED) is 0.717. The molecule has 174 valence electrons. The number of rotatable bonds is 4. The van der Waals surface area contributed by atoms with Gasteiger partial charge >= 0.3 is 6.03 Å². The second-order valence-electron chi connectivity index (χ2n) is 8.19. The molecule has 0 unspecified atom stereocenters. The summed E-state index contributed by atoms with van der Waals surface area (Å²) in [5.74, 6) is 0.271. The third kappa shape index (κ3) is 4.57. The molecule has 4 rings (SSSR count). The van der Waals surface area contributed by atoms with E-state index in [0.717, 1.165) is 31.6 Å². The van der Waals surface area contributed by atoms with Gasteiger partial charge < -0.3 is 19.6 Å². The number of aromatic nitrogens is 1. The zero-order chi connectivity index (χ0) is 22.9. The van der Waals surface area contributed by atoms with E-state index in [2.05, 4.69) is 15.4 Å². The van der Waals surface area contributed by atoms with Gasteiger partial charge in [0.05, 0.1) is 10.7 Å². The van der Waals surface area contributed by atoms with Crippen molar-refractivity contribution in [1.82, 2.24) is 14.4 Å². The SMILES string of the molecule is Cc1noc(C)c1S(=O)(=O)N1CCN(C(=O)Nc2ccc(N3CCCCC3)c(Cl)c2)CC1. The highest BCUT2D eigenvalue weighted by Gasteiger charge is 2.34. The summed E-state index contributed by atoms with van der Waals surface area (Å²) in [6.07, 6.45) is 3.56. The Morgan fingerprint density at radius 3 is 2.34 bits per heavy atom. The Labute approximate surface area is 193 Å². The molecule has 2 amide bonds. The number of benzene rings is 1. The van der Waals surface area contributed by atoms with Crippen LogP contribution in [0.15, 0.2) is 27.6 Å². The lowest BCUT2D eigenvalue weighted by atomic mass is 10.1. The van der Waals surface area contributed by atoms with Crippen molar-refractivity contribution in [3.8, 4) is 0 Å². The van der Waals surface area contributed by atoms with Crippen LogP contribution in [0.5, 0.6) is 0 Å². The number of aryl methyl sites for hydroxylation is 2. The molecule has 2 aromatic rings. The average molecular weight is 482 g/mol. The van der Waals surface area contributed by atoms with Crippen molar-refractivity contribution in [2.45, 2.75) is 38.0 Å². The molecule has 2 aliphatic rings. The van der Waals surface area contributed by atoms with Gasteiger partial charge in [0.2, 0.25) is 10.0 Å². The number of halogens is 1. The summed E-state index contributed by atoms with van der Waals surface area (Å²) in [7, 11) is -3.71. The second-order valence-corrected chi connectivity index (χ2v) is 10.5. The normalized spacial score (nSPS) is 18.1. The number of carbonyl (C=O) groups excluding carboxylic acids is 1. The third-order valence-corrected chi connectivity index (χ3v) is 8.43. The van der Waals surface area contributed by atoms with Crippen LogP contribution >= 0.6 is 11.6 Å². The van der Waals surface area contributed by atoms with Crippen LogP contribution in [0.4, 0.5) is 16.2 Å². The molecule has 2 saturated heterocycles. The minimum Gasteiger partial charge on any atom is -0.370 e. The molecule has 0 bridgehead atoms. The Morgan fingerprint density at radius 1 is 1.06 bits per heavy atom. The fraction of sp³-hybridized carbons (Fsp3) is 0.524. The molecular formula is C21H28ClN5O4S. The Kier molecular flexibility index (Phi) is 6.64. The number of nitrogens with one attached hydrogen (secondary N) is 1. The smallest absolute Gasteiger partial charge is 0.321 e. The largest absolute Gasteiger partial charge is 0.370 e. The third-order valence-electron chi connectivity index (χ3n) is 5.99. The first-order valence-corrected chi connectivity index (χ1v) is 12.6. The molecule has 0 spiro atoms. The van der Waals surface area contributed by atoms with Gasteiger partial charge in [-0.25, -0.2) is 13.2 Å². The van der Waals surface area contributed by atoms with E-state index in [-0.39, 0.29) is 42.9 Å². The number of amides is 2.